The van der Waals surface area contributed by atoms with Crippen LogP contribution in [-0.2, 0) is 19.9 Å². The number of hydrogen-bond acceptors (Lipinski definition) is 5. The zero-order chi connectivity index (χ0) is 15.0. The molecule has 2 heterocycles. The Morgan fingerprint density at radius 1 is 1.15 bits per heavy atom. The van der Waals surface area contributed by atoms with E-state index in [9.17, 15) is 16.8 Å². The van der Waals surface area contributed by atoms with Crippen molar-refractivity contribution in [1.82, 2.24) is 4.31 Å². The van der Waals surface area contributed by atoms with E-state index >= 15 is 0 Å². The van der Waals surface area contributed by atoms with Gasteiger partial charge in [0, 0.05) is 18.6 Å². The summed E-state index contributed by atoms with van der Waals surface area (Å²) < 4.78 is 49.9. The van der Waals surface area contributed by atoms with Crippen LogP contribution in [0.3, 0.4) is 0 Å². The Morgan fingerprint density at radius 3 is 2.30 bits per heavy atom. The highest BCUT2D eigenvalue weighted by Gasteiger charge is 2.41. The van der Waals surface area contributed by atoms with Gasteiger partial charge >= 0.3 is 0 Å². The van der Waals surface area contributed by atoms with E-state index in [1.807, 2.05) is 6.92 Å². The van der Waals surface area contributed by atoms with Gasteiger partial charge in [0.1, 0.15) is 9.84 Å². The fraction of sp³-hybridized carbons (Fsp3) is 1.00. The van der Waals surface area contributed by atoms with Gasteiger partial charge in [0.05, 0.1) is 16.8 Å². The molecule has 0 aromatic carbocycles. The molecule has 0 saturated carbocycles. The molecule has 8 heteroatoms. The molecule has 0 aromatic rings. The summed E-state index contributed by atoms with van der Waals surface area (Å²) in [6.45, 7) is 2.35. The first kappa shape index (κ1) is 16.2. The molecule has 2 fully saturated rings. The minimum absolute atomic E-state index is 0.0203. The molecule has 0 aromatic heterocycles. The van der Waals surface area contributed by atoms with Gasteiger partial charge in [0.15, 0.2) is 0 Å². The minimum atomic E-state index is -3.44. The molecule has 0 aliphatic carbocycles. The molecule has 0 amide bonds. The molecule has 118 valence electrons. The van der Waals surface area contributed by atoms with Gasteiger partial charge in [-0.3, -0.25) is 0 Å². The van der Waals surface area contributed by atoms with Crippen LogP contribution >= 0.6 is 0 Å². The van der Waals surface area contributed by atoms with E-state index in [2.05, 4.69) is 0 Å². The zero-order valence-corrected chi connectivity index (χ0v) is 13.5. The summed E-state index contributed by atoms with van der Waals surface area (Å²) in [6, 6.07) is -0.343. The van der Waals surface area contributed by atoms with Crippen molar-refractivity contribution < 1.29 is 16.8 Å². The van der Waals surface area contributed by atoms with E-state index in [0.29, 0.717) is 6.54 Å². The molecule has 2 atom stereocenters. The van der Waals surface area contributed by atoms with Crippen LogP contribution < -0.4 is 5.73 Å². The highest BCUT2D eigenvalue weighted by Crippen LogP contribution is 2.29. The van der Waals surface area contributed by atoms with Crippen LogP contribution in [0.15, 0.2) is 0 Å². The molecular weight excluding hydrogens is 300 g/mol. The van der Waals surface area contributed by atoms with Crippen LogP contribution in [0.2, 0.25) is 0 Å². The van der Waals surface area contributed by atoms with Gasteiger partial charge in [-0.2, -0.15) is 4.31 Å². The SMILES string of the molecule is CC(N)C1CCCCN1S(=O)(=O)C1CCS(=O)(=O)CC1. The topological polar surface area (TPSA) is 97.5 Å². The van der Waals surface area contributed by atoms with Crippen molar-refractivity contribution in [3.8, 4) is 0 Å². The van der Waals surface area contributed by atoms with E-state index in [1.54, 1.807) is 4.31 Å². The second-order valence-electron chi connectivity index (χ2n) is 5.93. The smallest absolute Gasteiger partial charge is 0.217 e. The van der Waals surface area contributed by atoms with Gasteiger partial charge in [0.2, 0.25) is 10.0 Å². The second-order valence-corrected chi connectivity index (χ2v) is 10.4. The first-order valence-electron chi connectivity index (χ1n) is 7.21. The highest BCUT2D eigenvalue weighted by molar-refractivity contribution is 7.92. The van der Waals surface area contributed by atoms with Crippen molar-refractivity contribution in [3.05, 3.63) is 0 Å². The van der Waals surface area contributed by atoms with E-state index in [1.165, 1.54) is 0 Å². The second kappa shape index (κ2) is 5.90. The van der Waals surface area contributed by atoms with Gasteiger partial charge < -0.3 is 5.73 Å². The average molecular weight is 324 g/mol. The van der Waals surface area contributed by atoms with E-state index in [4.69, 9.17) is 5.73 Å². The standard InChI is InChI=1S/C12H24N2O4S2/c1-10(13)12-4-2-3-7-14(12)20(17,18)11-5-8-19(15,16)9-6-11/h10-12H,2-9,13H2,1H3. The maximum atomic E-state index is 12.7. The Hall–Kier alpha value is -0.180. The third-order valence-corrected chi connectivity index (χ3v) is 8.49. The number of nitrogens with two attached hydrogens (primary N) is 1. The van der Waals surface area contributed by atoms with Gasteiger partial charge in [-0.25, -0.2) is 16.8 Å². The Kier molecular flexibility index (Phi) is 4.78. The van der Waals surface area contributed by atoms with Gasteiger partial charge in [-0.05, 0) is 32.6 Å². The minimum Gasteiger partial charge on any atom is -0.326 e. The molecular formula is C12H24N2O4S2. The number of hydrogen-bond donors (Lipinski definition) is 1. The largest absolute Gasteiger partial charge is 0.326 e. The molecule has 2 rings (SSSR count). The predicted octanol–water partition coefficient (Wildman–Crippen LogP) is 0.0951. The number of rotatable bonds is 3. The highest BCUT2D eigenvalue weighted by atomic mass is 32.2. The first-order chi connectivity index (χ1) is 9.24. The number of sulfone groups is 1. The molecule has 2 aliphatic rings. The van der Waals surface area contributed by atoms with Crippen LogP contribution in [0.25, 0.3) is 0 Å². The van der Waals surface area contributed by atoms with Crippen molar-refractivity contribution in [2.24, 2.45) is 5.73 Å². The molecule has 0 radical (unpaired) electrons. The van der Waals surface area contributed by atoms with Crippen molar-refractivity contribution in [2.45, 2.75) is 56.4 Å². The third kappa shape index (κ3) is 3.35. The predicted molar refractivity (Wildman–Crippen MR) is 78.6 cm³/mol. The van der Waals surface area contributed by atoms with Gasteiger partial charge in [-0.15, -0.1) is 0 Å². The van der Waals surface area contributed by atoms with Crippen molar-refractivity contribution >= 4 is 19.9 Å². The lowest BCUT2D eigenvalue weighted by Gasteiger charge is -2.39. The van der Waals surface area contributed by atoms with Crippen LogP contribution in [0, 0.1) is 0 Å². The first-order valence-corrected chi connectivity index (χ1v) is 10.5. The Bertz CT molecular complexity index is 528. The zero-order valence-electron chi connectivity index (χ0n) is 11.9. The van der Waals surface area contributed by atoms with Crippen molar-refractivity contribution in [3.63, 3.8) is 0 Å². The van der Waals surface area contributed by atoms with E-state index < -0.39 is 25.1 Å². The van der Waals surface area contributed by atoms with Crippen LogP contribution in [-0.4, -0.2) is 56.5 Å². The van der Waals surface area contributed by atoms with Gasteiger partial charge in [0.25, 0.3) is 0 Å². The summed E-state index contributed by atoms with van der Waals surface area (Å²) in [6.07, 6.45) is 3.08. The van der Waals surface area contributed by atoms with Crippen LogP contribution in [0.1, 0.15) is 39.0 Å². The summed E-state index contributed by atoms with van der Waals surface area (Å²) in [5.74, 6) is -0.0405. The average Bonchev–Trinajstić information content (AvgIpc) is 2.38. The summed E-state index contributed by atoms with van der Waals surface area (Å²) in [5.41, 5.74) is 5.92. The Labute approximate surface area is 121 Å². The molecule has 0 spiro atoms. The quantitative estimate of drug-likeness (QED) is 0.794. The fourth-order valence-electron chi connectivity index (χ4n) is 3.13. The maximum absolute atomic E-state index is 12.7. The number of piperidine rings is 1. The molecule has 2 unspecified atom stereocenters. The summed E-state index contributed by atoms with van der Waals surface area (Å²) in [4.78, 5) is 0. The molecule has 2 aliphatic heterocycles. The molecule has 20 heavy (non-hydrogen) atoms. The van der Waals surface area contributed by atoms with E-state index in [0.717, 1.165) is 19.3 Å². The van der Waals surface area contributed by atoms with Crippen LogP contribution in [0.5, 0.6) is 0 Å². The fourth-order valence-corrected chi connectivity index (χ4v) is 7.19. The Balaban J connectivity index is 2.16. The summed E-state index contributed by atoms with van der Waals surface area (Å²) in [5, 5.41) is -0.564. The van der Waals surface area contributed by atoms with Crippen molar-refractivity contribution in [2.75, 3.05) is 18.1 Å². The molecule has 6 nitrogen and oxygen atoms in total. The lowest BCUT2D eigenvalue weighted by molar-refractivity contribution is 0.224. The number of nitrogens with zero attached hydrogens (tertiary/aromatic N) is 1. The summed E-state index contributed by atoms with van der Waals surface area (Å²) in [7, 11) is -6.48. The normalized spacial score (nSPS) is 31.0. The Morgan fingerprint density at radius 2 is 1.75 bits per heavy atom. The van der Waals surface area contributed by atoms with Crippen LogP contribution in [0.4, 0.5) is 0 Å². The summed E-state index contributed by atoms with van der Waals surface area (Å²) >= 11 is 0. The lowest BCUT2D eigenvalue weighted by Crippen LogP contribution is -2.54. The van der Waals surface area contributed by atoms with E-state index in [-0.39, 0.29) is 36.4 Å². The lowest BCUT2D eigenvalue weighted by atomic mass is 10.00. The molecule has 2 saturated heterocycles. The van der Waals surface area contributed by atoms with Crippen molar-refractivity contribution in [1.29, 1.82) is 0 Å². The third-order valence-electron chi connectivity index (χ3n) is 4.35. The maximum Gasteiger partial charge on any atom is 0.217 e. The molecule has 0 bridgehead atoms. The number of sulfonamides is 1. The van der Waals surface area contributed by atoms with Gasteiger partial charge in [-0.1, -0.05) is 6.42 Å². The monoisotopic (exact) mass is 324 g/mol. The molecule has 2 N–H and O–H groups in total.